The van der Waals surface area contributed by atoms with Crippen molar-refractivity contribution in [3.05, 3.63) is 90.5 Å². The highest BCUT2D eigenvalue weighted by molar-refractivity contribution is 7.30. The molecule has 6 aromatic rings. The summed E-state index contributed by atoms with van der Waals surface area (Å²) < 4.78 is 102. The van der Waals surface area contributed by atoms with E-state index in [0.29, 0.717) is 120 Å². The first-order valence-corrected chi connectivity index (χ1v) is 50.2. The lowest BCUT2D eigenvalue weighted by Gasteiger charge is -2.32. The fourth-order valence-electron chi connectivity index (χ4n) is 19.7. The van der Waals surface area contributed by atoms with Crippen LogP contribution in [0.5, 0.6) is 11.5 Å². The van der Waals surface area contributed by atoms with E-state index < -0.39 is 72.1 Å². The van der Waals surface area contributed by atoms with Gasteiger partial charge in [-0.05, 0) is 174 Å². The largest absolute Gasteiger partial charge is 0.486 e. The Morgan fingerprint density at radius 1 is 0.455 bits per heavy atom. The van der Waals surface area contributed by atoms with Gasteiger partial charge in [-0.15, -0.1) is 45.3 Å². The summed E-state index contributed by atoms with van der Waals surface area (Å²) in [5, 5.41) is 20.4. The van der Waals surface area contributed by atoms with Gasteiger partial charge in [-0.3, -0.25) is 19.2 Å². The van der Waals surface area contributed by atoms with E-state index in [-0.39, 0.29) is 83.1 Å². The van der Waals surface area contributed by atoms with Gasteiger partial charge in [-0.1, -0.05) is 207 Å². The number of thiophene rings is 4. The van der Waals surface area contributed by atoms with Crippen LogP contribution < -0.4 is 9.47 Å². The quantitative estimate of drug-likeness (QED) is 0.00880. The molecule has 0 amide bonds. The molecule has 0 aliphatic heterocycles. The third-order valence-electron chi connectivity index (χ3n) is 26.7. The molecule has 652 valence electrons. The van der Waals surface area contributed by atoms with E-state index in [1.165, 1.54) is 199 Å². The molecule has 0 spiro atoms. The van der Waals surface area contributed by atoms with Gasteiger partial charge in [0.25, 0.3) is 11.4 Å². The molecule has 14 nitrogen and oxygen atoms in total. The molecule has 6 fully saturated rings. The highest BCUT2D eigenvalue weighted by Gasteiger charge is 2.52. The van der Waals surface area contributed by atoms with E-state index in [4.69, 9.17) is 40.8 Å². The number of nitrogens with zero attached hydrogens (tertiary/aromatic N) is 6. The molecule has 10 unspecified atom stereocenters. The molecule has 23 heteroatoms. The minimum atomic E-state index is -1.84. The molecule has 6 aliphatic carbocycles. The first kappa shape index (κ1) is 93.0. The molecular formula is C98H124F4N6O8S5. The summed E-state index contributed by atoms with van der Waals surface area (Å²) in [5.74, 6) is -3.65. The van der Waals surface area contributed by atoms with Crippen LogP contribution in [0.1, 0.15) is 320 Å². The van der Waals surface area contributed by atoms with Gasteiger partial charge in [0, 0.05) is 61.3 Å². The normalized spacial score (nSPS) is 25.0. The smallest absolute Gasteiger partial charge is 0.308 e. The molecule has 6 aliphatic rings. The van der Waals surface area contributed by atoms with Gasteiger partial charge in [0.1, 0.15) is 35.7 Å². The number of halogens is 4. The lowest BCUT2D eigenvalue weighted by molar-refractivity contribution is -0.152. The van der Waals surface area contributed by atoms with Crippen LogP contribution in [0.4, 0.5) is 17.6 Å². The molecule has 1 aromatic carbocycles. The maximum atomic E-state index is 15.2. The van der Waals surface area contributed by atoms with Crippen molar-refractivity contribution in [1.29, 1.82) is 10.5 Å². The molecule has 6 saturated carbocycles. The number of nitriles is 2. The molecule has 121 heavy (non-hydrogen) atoms. The lowest BCUT2D eigenvalue weighted by Crippen LogP contribution is -2.34. The minimum absolute atomic E-state index is 0.129. The molecule has 12 rings (SSSR count). The number of benzene rings is 1. The number of Topliss-reactive ketones (excluding diaryl/α,β-unsaturated/α-hetero) is 2. The molecule has 0 radical (unpaired) electrons. The van der Waals surface area contributed by atoms with Crippen molar-refractivity contribution >= 4 is 123 Å². The first-order chi connectivity index (χ1) is 59.0. The number of carbonyl (C=O) groups excluding carboxylic acids is 4. The second-order valence-corrected chi connectivity index (χ2v) is 40.3. The van der Waals surface area contributed by atoms with E-state index >= 15 is 17.6 Å². The SMILES string of the molecule is [C-]#[N+]/C(C#N)=C1\C(=C\c2cc3sc(-c4c(OC5CCC(C(=O)OCC(CCCCCCCC)CCCCCCCCCC)CC5)c(OC5CCC(C(=O)OCC(CCCCCCCC)CCCCCCCCCC)CC5)c(-c5cc6sc(/C=C7\C(=O)C8CC(F)C(F)CC8\C7=C(\C#N)[N+]#[C-])cc6s5)c5nsnc45)cc3s2)C(=O)C2CC(F)C(F)CC12. The zero-order chi connectivity index (χ0) is 85.3. The predicted octanol–water partition coefficient (Wildman–Crippen LogP) is 29.1. The van der Waals surface area contributed by atoms with Crippen molar-refractivity contribution in [2.75, 3.05) is 13.2 Å². The molecule has 0 N–H and O–H groups in total. The van der Waals surface area contributed by atoms with Crippen molar-refractivity contribution in [3.8, 4) is 44.5 Å². The number of unbranched alkanes of at least 4 members (excludes halogenated alkanes) is 24. The van der Waals surface area contributed by atoms with E-state index in [9.17, 15) is 29.7 Å². The van der Waals surface area contributed by atoms with Gasteiger partial charge >= 0.3 is 11.9 Å². The van der Waals surface area contributed by atoms with Crippen LogP contribution in [0.15, 0.2) is 58.0 Å². The number of alkyl halides is 4. The summed E-state index contributed by atoms with van der Waals surface area (Å²) in [5.41, 5.74) is 2.40. The van der Waals surface area contributed by atoms with E-state index in [2.05, 4.69) is 49.5 Å². The first-order valence-electron chi connectivity index (χ1n) is 46.2. The fourth-order valence-corrected chi connectivity index (χ4v) is 25.0. The van der Waals surface area contributed by atoms with Gasteiger partial charge in [-0.2, -0.15) is 8.75 Å². The van der Waals surface area contributed by atoms with Crippen LogP contribution in [0.2, 0.25) is 0 Å². The number of hydrogen-bond donors (Lipinski definition) is 0. The highest BCUT2D eigenvalue weighted by Crippen LogP contribution is 2.58. The van der Waals surface area contributed by atoms with Crippen molar-refractivity contribution in [1.82, 2.24) is 8.75 Å². The monoisotopic (exact) mass is 1750 g/mol. The Labute approximate surface area is 735 Å². The van der Waals surface area contributed by atoms with Gasteiger partial charge < -0.3 is 18.9 Å². The van der Waals surface area contributed by atoms with Gasteiger partial charge in [0.15, 0.2) is 23.1 Å². The van der Waals surface area contributed by atoms with Crippen LogP contribution in [0.25, 0.3) is 72.6 Å². The predicted molar refractivity (Wildman–Crippen MR) is 483 cm³/mol. The Balaban J connectivity index is 0.881. The maximum absolute atomic E-state index is 15.2. The van der Waals surface area contributed by atoms with Gasteiger partial charge in [0.2, 0.25) is 0 Å². The molecule has 10 atom stereocenters. The molecule has 0 bridgehead atoms. The van der Waals surface area contributed by atoms with E-state index in [0.717, 1.165) is 91.6 Å². The summed E-state index contributed by atoms with van der Waals surface area (Å²) in [4.78, 5) is 67.4. The fraction of sp³-hybridized carbons (Fsp3) is 0.653. The zero-order valence-electron chi connectivity index (χ0n) is 71.6. The Hall–Kier alpha value is -7.12. The van der Waals surface area contributed by atoms with Gasteiger partial charge in [-0.25, -0.2) is 37.8 Å². The number of hydrogen-bond acceptors (Lipinski definition) is 17. The third-order valence-corrected chi connectivity index (χ3v) is 31.7. The number of aromatic nitrogens is 2. The van der Waals surface area contributed by atoms with E-state index in [1.807, 2.05) is 24.3 Å². The number of carbonyl (C=O) groups is 4. The zero-order valence-corrected chi connectivity index (χ0v) is 75.7. The lowest BCUT2D eigenvalue weighted by atomic mass is 9.77. The Morgan fingerprint density at radius 2 is 0.760 bits per heavy atom. The van der Waals surface area contributed by atoms with Crippen LogP contribution in [-0.4, -0.2) is 82.4 Å². The Kier molecular flexibility index (Phi) is 35.9. The summed E-state index contributed by atoms with van der Waals surface area (Å²) >= 11 is 6.81. The van der Waals surface area contributed by atoms with Crippen LogP contribution in [0.3, 0.4) is 0 Å². The maximum Gasteiger partial charge on any atom is 0.308 e. The van der Waals surface area contributed by atoms with Crippen LogP contribution in [-0.2, 0) is 28.7 Å². The minimum Gasteiger partial charge on any atom is -0.486 e. The number of rotatable bonds is 46. The summed E-state index contributed by atoms with van der Waals surface area (Å²) in [6, 6.07) is 11.9. The van der Waals surface area contributed by atoms with Gasteiger partial charge in [0.05, 0.1) is 85.4 Å². The second kappa shape index (κ2) is 46.7. The summed E-state index contributed by atoms with van der Waals surface area (Å²) in [6.45, 7) is 25.7. The third kappa shape index (κ3) is 23.9. The Bertz CT molecular complexity index is 4400. The van der Waals surface area contributed by atoms with Crippen molar-refractivity contribution in [3.63, 3.8) is 0 Å². The van der Waals surface area contributed by atoms with Crippen molar-refractivity contribution in [2.45, 2.75) is 347 Å². The number of ketones is 2. The molecule has 5 aromatic heterocycles. The number of fused-ring (bicyclic) bond motifs is 5. The Morgan fingerprint density at radius 3 is 1.07 bits per heavy atom. The van der Waals surface area contributed by atoms with Crippen molar-refractivity contribution < 1.29 is 55.7 Å². The number of allylic oxidation sites excluding steroid dienone is 6. The number of esters is 2. The molecule has 5 heterocycles. The van der Waals surface area contributed by atoms with E-state index in [1.54, 1.807) is 12.2 Å². The summed E-state index contributed by atoms with van der Waals surface area (Å²) in [7, 11) is 0. The standard InChI is InChI=1S/C98H124F4N6O8S5/c1-7-11-15-19-23-25-29-33-37-61(35-31-27-21-17-13-9-3)59-113-97(111)63-39-43-65(44-40-63)115-95-89(85-55-83-81(119-85)49-67(117-83)47-73-87(79(57-103)105-5)69-51-75(99)77(101)53-71(69)93(73)109)91-92(108-121-107-91)90(86-56-84-82(120-86)50-68(118-84)48-74-88(80(58-104)106-6)70-52-76(100)78(102)54-72(70)94(74)110)96(95)116-66-45-41-64(42-46-66)98(112)114-60-62(36-32-28-22-18-14-10-4)38-34-30-26-24-20-16-12-8-2/h47-50,55-56,61-66,69-72,75-78H,7-46,51-54,59-60H2,1-4H3/b73-47-,74-48-,87-79-,88-80+. The number of ether oxygens (including phenoxy) is 4. The van der Waals surface area contributed by atoms with Crippen LogP contribution >= 0.6 is 57.1 Å². The highest BCUT2D eigenvalue weighted by atomic mass is 32.1. The average molecular weight is 1750 g/mol. The summed E-state index contributed by atoms with van der Waals surface area (Å²) in [6.07, 6.45) is 36.7. The average Bonchev–Trinajstić information content (AvgIpc) is 1.61. The van der Waals surface area contributed by atoms with Crippen LogP contribution in [0, 0.1) is 83.1 Å². The second-order valence-electron chi connectivity index (χ2n) is 35.4. The topological polar surface area (TPSA) is 187 Å². The van der Waals surface area contributed by atoms with Crippen molar-refractivity contribution in [2.24, 2.45) is 47.3 Å². The molecular weight excluding hydrogens is 1630 g/mol. The molecule has 0 saturated heterocycles.